The van der Waals surface area contributed by atoms with Crippen LogP contribution in [0, 0.1) is 17.8 Å². The first-order valence-corrected chi connectivity index (χ1v) is 8.00. The number of carbonyl (C=O) groups excluding carboxylic acids is 1. The summed E-state index contributed by atoms with van der Waals surface area (Å²) in [6.45, 7) is 5.84. The molecule has 0 spiro atoms. The lowest BCUT2D eigenvalue weighted by atomic mass is 9.92. The minimum absolute atomic E-state index is 0.0259. The number of rotatable bonds is 2. The fourth-order valence-electron chi connectivity index (χ4n) is 3.53. The molecule has 1 heterocycles. The smallest absolute Gasteiger partial charge is 0.264 e. The fourth-order valence-corrected chi connectivity index (χ4v) is 4.64. The lowest BCUT2D eigenvalue weighted by Crippen LogP contribution is -2.45. The van der Waals surface area contributed by atoms with Gasteiger partial charge < -0.3 is 5.32 Å². The lowest BCUT2D eigenvalue weighted by molar-refractivity contribution is -0.120. The summed E-state index contributed by atoms with van der Waals surface area (Å²) in [6, 6.07) is -0.239. The maximum Gasteiger partial charge on any atom is 0.264 e. The standard InChI is InChI=1S/C14H20F2N2OS/c1-7(2)13(3)11(19)18-12(20-13)17-10-5-8-4-9(10)14(15,16)6-8/h7-10H,4-6H2,1-3H3,(H,17,18,19). The van der Waals surface area contributed by atoms with Crippen LogP contribution < -0.4 is 5.32 Å². The van der Waals surface area contributed by atoms with E-state index < -0.39 is 16.6 Å². The number of hydrogen-bond donors (Lipinski definition) is 1. The second-order valence-electron chi connectivity index (χ2n) is 6.75. The summed E-state index contributed by atoms with van der Waals surface area (Å²) in [4.78, 5) is 16.1. The summed E-state index contributed by atoms with van der Waals surface area (Å²) < 4.78 is 27.0. The predicted octanol–water partition coefficient (Wildman–Crippen LogP) is 3.05. The Balaban J connectivity index is 1.69. The van der Waals surface area contributed by atoms with Crippen molar-refractivity contribution in [2.24, 2.45) is 22.7 Å². The Morgan fingerprint density at radius 1 is 1.40 bits per heavy atom. The average Bonchev–Trinajstić information content (AvgIpc) is 2.91. The van der Waals surface area contributed by atoms with E-state index in [9.17, 15) is 13.6 Å². The van der Waals surface area contributed by atoms with Crippen LogP contribution in [0.5, 0.6) is 0 Å². The molecule has 0 aromatic heterocycles. The molecule has 4 unspecified atom stereocenters. The van der Waals surface area contributed by atoms with Gasteiger partial charge in [0.2, 0.25) is 0 Å². The van der Waals surface area contributed by atoms with Crippen molar-refractivity contribution in [1.82, 2.24) is 5.32 Å². The maximum absolute atomic E-state index is 13.8. The van der Waals surface area contributed by atoms with Crippen molar-refractivity contribution in [1.29, 1.82) is 0 Å². The van der Waals surface area contributed by atoms with Crippen LogP contribution in [-0.2, 0) is 4.79 Å². The van der Waals surface area contributed by atoms with Gasteiger partial charge in [0.25, 0.3) is 11.8 Å². The molecule has 2 aliphatic carbocycles. The molecular formula is C14H20F2N2OS. The highest BCUT2D eigenvalue weighted by atomic mass is 32.2. The molecule has 4 atom stereocenters. The van der Waals surface area contributed by atoms with E-state index in [1.807, 2.05) is 20.8 Å². The number of halogens is 2. The van der Waals surface area contributed by atoms with Gasteiger partial charge in [0.15, 0.2) is 5.17 Å². The summed E-state index contributed by atoms with van der Waals surface area (Å²) >= 11 is 1.39. The normalized spacial score (nSPS) is 42.4. The van der Waals surface area contributed by atoms with E-state index in [0.717, 1.165) is 6.42 Å². The molecule has 0 radical (unpaired) electrons. The van der Waals surface area contributed by atoms with Crippen LogP contribution in [0.3, 0.4) is 0 Å². The van der Waals surface area contributed by atoms with E-state index in [-0.39, 0.29) is 30.2 Å². The van der Waals surface area contributed by atoms with Crippen LogP contribution in [0.15, 0.2) is 4.99 Å². The van der Waals surface area contributed by atoms with Gasteiger partial charge in [-0.15, -0.1) is 0 Å². The highest BCUT2D eigenvalue weighted by molar-refractivity contribution is 8.16. The van der Waals surface area contributed by atoms with Crippen LogP contribution in [0.4, 0.5) is 8.78 Å². The molecule has 112 valence electrons. The molecule has 3 nitrogen and oxygen atoms in total. The number of fused-ring (bicyclic) bond motifs is 2. The number of nitrogens with one attached hydrogen (secondary N) is 1. The van der Waals surface area contributed by atoms with Crippen molar-refractivity contribution in [2.45, 2.75) is 56.7 Å². The fraction of sp³-hybridized carbons (Fsp3) is 0.857. The minimum Gasteiger partial charge on any atom is -0.361 e. The van der Waals surface area contributed by atoms with Crippen molar-refractivity contribution in [3.8, 4) is 0 Å². The van der Waals surface area contributed by atoms with E-state index in [1.54, 1.807) is 0 Å². The van der Waals surface area contributed by atoms with Gasteiger partial charge in [-0.2, -0.15) is 4.99 Å². The van der Waals surface area contributed by atoms with Gasteiger partial charge in [-0.1, -0.05) is 25.6 Å². The van der Waals surface area contributed by atoms with Crippen molar-refractivity contribution < 1.29 is 13.6 Å². The number of amidine groups is 1. The zero-order valence-corrected chi connectivity index (χ0v) is 12.8. The maximum atomic E-state index is 13.8. The highest BCUT2D eigenvalue weighted by Crippen LogP contribution is 2.54. The van der Waals surface area contributed by atoms with Gasteiger partial charge in [0.1, 0.15) is 4.75 Å². The molecule has 3 aliphatic rings. The van der Waals surface area contributed by atoms with Crippen LogP contribution in [0.25, 0.3) is 0 Å². The van der Waals surface area contributed by atoms with E-state index in [4.69, 9.17) is 0 Å². The summed E-state index contributed by atoms with van der Waals surface area (Å²) in [5.74, 6) is -3.04. The Kier molecular flexibility index (Phi) is 3.16. The Labute approximate surface area is 122 Å². The number of hydrogen-bond acceptors (Lipinski definition) is 3. The molecule has 3 rings (SSSR count). The quantitative estimate of drug-likeness (QED) is 0.852. The third-order valence-electron chi connectivity index (χ3n) is 5.11. The number of nitrogens with zero attached hydrogens (tertiary/aromatic N) is 1. The molecule has 2 saturated carbocycles. The Morgan fingerprint density at radius 3 is 2.60 bits per heavy atom. The zero-order chi connectivity index (χ0) is 14.7. The average molecular weight is 302 g/mol. The summed E-state index contributed by atoms with van der Waals surface area (Å²) in [6.07, 6.45) is 1.39. The molecule has 2 bridgehead atoms. The van der Waals surface area contributed by atoms with Gasteiger partial charge in [-0.3, -0.25) is 4.79 Å². The van der Waals surface area contributed by atoms with E-state index in [1.165, 1.54) is 11.8 Å². The largest absolute Gasteiger partial charge is 0.361 e. The first-order chi connectivity index (χ1) is 9.22. The molecule has 0 aromatic rings. The van der Waals surface area contributed by atoms with Gasteiger partial charge in [-0.05, 0) is 31.6 Å². The molecule has 1 aliphatic heterocycles. The lowest BCUT2D eigenvalue weighted by Gasteiger charge is -2.31. The van der Waals surface area contributed by atoms with Crippen molar-refractivity contribution in [2.75, 3.05) is 0 Å². The third kappa shape index (κ3) is 2.07. The molecule has 1 amide bonds. The molecule has 1 N–H and O–H groups in total. The van der Waals surface area contributed by atoms with E-state index in [0.29, 0.717) is 11.6 Å². The summed E-state index contributed by atoms with van der Waals surface area (Å²) in [5.41, 5.74) is 0. The van der Waals surface area contributed by atoms with Crippen LogP contribution in [-0.4, -0.2) is 27.8 Å². The van der Waals surface area contributed by atoms with Crippen LogP contribution in [0.2, 0.25) is 0 Å². The summed E-state index contributed by atoms with van der Waals surface area (Å²) in [7, 11) is 0. The predicted molar refractivity (Wildman–Crippen MR) is 76.0 cm³/mol. The van der Waals surface area contributed by atoms with Gasteiger partial charge >= 0.3 is 0 Å². The molecule has 6 heteroatoms. The molecular weight excluding hydrogens is 282 g/mol. The first-order valence-electron chi connectivity index (χ1n) is 7.19. The number of aliphatic imine (C=N–C) groups is 1. The van der Waals surface area contributed by atoms with Crippen LogP contribution >= 0.6 is 11.8 Å². The van der Waals surface area contributed by atoms with E-state index in [2.05, 4.69) is 10.3 Å². The molecule has 0 aromatic carbocycles. The second-order valence-corrected chi connectivity index (χ2v) is 8.18. The zero-order valence-electron chi connectivity index (χ0n) is 12.0. The number of thioether (sulfide) groups is 1. The van der Waals surface area contributed by atoms with Gasteiger partial charge in [-0.25, -0.2) is 8.78 Å². The van der Waals surface area contributed by atoms with Crippen LogP contribution in [0.1, 0.15) is 40.0 Å². The highest BCUT2D eigenvalue weighted by Gasteiger charge is 2.58. The van der Waals surface area contributed by atoms with Crippen molar-refractivity contribution >= 4 is 22.8 Å². The number of alkyl halides is 2. The Bertz CT molecular complexity index is 480. The van der Waals surface area contributed by atoms with Crippen molar-refractivity contribution in [3.05, 3.63) is 0 Å². The summed E-state index contributed by atoms with van der Waals surface area (Å²) in [5, 5.41) is 3.64. The number of amides is 1. The van der Waals surface area contributed by atoms with Gasteiger partial charge in [0.05, 0.1) is 0 Å². The molecule has 20 heavy (non-hydrogen) atoms. The third-order valence-corrected chi connectivity index (χ3v) is 6.58. The topological polar surface area (TPSA) is 41.5 Å². The monoisotopic (exact) mass is 302 g/mol. The Hall–Kier alpha value is -0.650. The second kappa shape index (κ2) is 4.42. The van der Waals surface area contributed by atoms with E-state index >= 15 is 0 Å². The molecule has 2 fully saturated rings. The van der Waals surface area contributed by atoms with Crippen molar-refractivity contribution in [3.63, 3.8) is 0 Å². The SMILES string of the molecule is CC(C)C1(C)SC(NC2CC3CC2C(F)(F)C3)=NC1=O. The first kappa shape index (κ1) is 14.3. The number of carbonyl (C=O) groups is 1. The molecule has 0 saturated heterocycles. The Morgan fingerprint density at radius 2 is 2.10 bits per heavy atom. The minimum atomic E-state index is -2.56. The van der Waals surface area contributed by atoms with Gasteiger partial charge in [0, 0.05) is 18.4 Å².